The minimum absolute atomic E-state index is 0.0270. The maximum atomic E-state index is 12.9. The first-order valence-electron chi connectivity index (χ1n) is 8.80. The van der Waals surface area contributed by atoms with Gasteiger partial charge in [-0.05, 0) is 24.3 Å². The van der Waals surface area contributed by atoms with Crippen LogP contribution in [0, 0.1) is 0 Å². The molecule has 1 aromatic heterocycles. The zero-order chi connectivity index (χ0) is 19.4. The van der Waals surface area contributed by atoms with Crippen molar-refractivity contribution in [1.29, 1.82) is 0 Å². The number of rotatable bonds is 5. The summed E-state index contributed by atoms with van der Waals surface area (Å²) in [5, 5.41) is 8.51. The number of amides is 1. The molecule has 1 aromatic carbocycles. The fourth-order valence-corrected chi connectivity index (χ4v) is 2.98. The summed E-state index contributed by atoms with van der Waals surface area (Å²) in [6, 6.07) is 9.14. The highest BCUT2D eigenvalue weighted by Gasteiger charge is 2.24. The van der Waals surface area contributed by atoms with Gasteiger partial charge in [-0.3, -0.25) is 4.79 Å². The van der Waals surface area contributed by atoms with Gasteiger partial charge in [0.25, 0.3) is 5.91 Å². The molecular weight excluding hydrogens is 346 g/mol. The third-order valence-electron chi connectivity index (χ3n) is 4.58. The SMILES string of the molecule is COc1cc(OC)cc(C(=O)N2CCN(c3ccc(N(C)C)nn3)CC2)c1. The van der Waals surface area contributed by atoms with Crippen molar-refractivity contribution in [3.05, 3.63) is 35.9 Å². The number of ether oxygens (including phenoxy) is 2. The number of carbonyl (C=O) groups is 1. The Bertz CT molecular complexity index is 764. The molecule has 8 heteroatoms. The van der Waals surface area contributed by atoms with Crippen LogP contribution in [0.5, 0.6) is 11.5 Å². The van der Waals surface area contributed by atoms with E-state index in [1.54, 1.807) is 32.4 Å². The van der Waals surface area contributed by atoms with Crippen LogP contribution in [0.15, 0.2) is 30.3 Å². The minimum Gasteiger partial charge on any atom is -0.497 e. The number of nitrogens with zero attached hydrogens (tertiary/aromatic N) is 5. The molecule has 0 saturated carbocycles. The van der Waals surface area contributed by atoms with Gasteiger partial charge < -0.3 is 24.2 Å². The van der Waals surface area contributed by atoms with E-state index in [4.69, 9.17) is 9.47 Å². The van der Waals surface area contributed by atoms with E-state index in [0.717, 1.165) is 11.6 Å². The molecule has 1 fully saturated rings. The van der Waals surface area contributed by atoms with Gasteiger partial charge in [-0.2, -0.15) is 0 Å². The molecule has 0 radical (unpaired) electrons. The highest BCUT2D eigenvalue weighted by Crippen LogP contribution is 2.24. The first-order chi connectivity index (χ1) is 13.0. The summed E-state index contributed by atoms with van der Waals surface area (Å²) in [7, 11) is 7.01. The number of aromatic nitrogens is 2. The lowest BCUT2D eigenvalue weighted by atomic mass is 10.1. The van der Waals surface area contributed by atoms with Gasteiger partial charge in [0.05, 0.1) is 14.2 Å². The number of hydrogen-bond acceptors (Lipinski definition) is 7. The van der Waals surface area contributed by atoms with Gasteiger partial charge in [0.1, 0.15) is 11.5 Å². The highest BCUT2D eigenvalue weighted by atomic mass is 16.5. The van der Waals surface area contributed by atoms with Crippen molar-refractivity contribution < 1.29 is 14.3 Å². The van der Waals surface area contributed by atoms with Gasteiger partial charge in [0.2, 0.25) is 0 Å². The molecule has 3 rings (SSSR count). The van der Waals surface area contributed by atoms with Crippen LogP contribution in [0.25, 0.3) is 0 Å². The second-order valence-electron chi connectivity index (χ2n) is 6.52. The van der Waals surface area contributed by atoms with Crippen LogP contribution < -0.4 is 19.3 Å². The molecule has 2 aromatic rings. The number of piperazine rings is 1. The molecule has 0 N–H and O–H groups in total. The quantitative estimate of drug-likeness (QED) is 0.789. The molecule has 144 valence electrons. The highest BCUT2D eigenvalue weighted by molar-refractivity contribution is 5.95. The maximum absolute atomic E-state index is 12.9. The number of methoxy groups -OCH3 is 2. The average Bonchev–Trinajstić information content (AvgIpc) is 2.73. The number of benzene rings is 1. The average molecular weight is 371 g/mol. The Kier molecular flexibility index (Phi) is 5.63. The van der Waals surface area contributed by atoms with Crippen LogP contribution in [0.2, 0.25) is 0 Å². The van der Waals surface area contributed by atoms with Crippen molar-refractivity contribution in [3.8, 4) is 11.5 Å². The van der Waals surface area contributed by atoms with Crippen molar-refractivity contribution >= 4 is 17.5 Å². The third kappa shape index (κ3) is 4.21. The summed E-state index contributed by atoms with van der Waals surface area (Å²) in [6.07, 6.45) is 0. The maximum Gasteiger partial charge on any atom is 0.254 e. The summed E-state index contributed by atoms with van der Waals surface area (Å²) in [5.74, 6) is 2.83. The molecule has 1 aliphatic rings. The standard InChI is InChI=1S/C19H25N5O3/c1-22(2)17-5-6-18(21-20-17)23-7-9-24(10-8-23)19(25)14-11-15(26-3)13-16(12-14)27-4/h5-6,11-13H,7-10H2,1-4H3. The second-order valence-corrected chi connectivity index (χ2v) is 6.52. The van der Waals surface area contributed by atoms with E-state index in [9.17, 15) is 4.79 Å². The Hall–Kier alpha value is -3.03. The second kappa shape index (κ2) is 8.11. The molecule has 0 atom stereocenters. The lowest BCUT2D eigenvalue weighted by Crippen LogP contribution is -2.49. The van der Waals surface area contributed by atoms with Crippen molar-refractivity contribution in [2.24, 2.45) is 0 Å². The molecule has 1 aliphatic heterocycles. The smallest absolute Gasteiger partial charge is 0.254 e. The predicted octanol–water partition coefficient (Wildman–Crippen LogP) is 1.52. The van der Waals surface area contributed by atoms with Crippen LogP contribution in [0.3, 0.4) is 0 Å². The van der Waals surface area contributed by atoms with Gasteiger partial charge in [-0.1, -0.05) is 0 Å². The van der Waals surface area contributed by atoms with E-state index < -0.39 is 0 Å². The Morgan fingerprint density at radius 2 is 1.59 bits per heavy atom. The Balaban J connectivity index is 1.65. The van der Waals surface area contributed by atoms with Gasteiger partial charge in [-0.25, -0.2) is 0 Å². The van der Waals surface area contributed by atoms with Crippen LogP contribution >= 0.6 is 0 Å². The summed E-state index contributed by atoms with van der Waals surface area (Å²) in [6.45, 7) is 2.66. The van der Waals surface area contributed by atoms with Gasteiger partial charge in [0, 0.05) is 51.9 Å². The van der Waals surface area contributed by atoms with Crippen molar-refractivity contribution in [3.63, 3.8) is 0 Å². The number of anilines is 2. The fraction of sp³-hybridized carbons (Fsp3) is 0.421. The molecule has 0 bridgehead atoms. The third-order valence-corrected chi connectivity index (χ3v) is 4.58. The summed E-state index contributed by atoms with van der Waals surface area (Å²) < 4.78 is 10.5. The lowest BCUT2D eigenvalue weighted by molar-refractivity contribution is 0.0745. The van der Waals surface area contributed by atoms with Crippen LogP contribution in [0.1, 0.15) is 10.4 Å². The topological polar surface area (TPSA) is 71.0 Å². The molecule has 1 saturated heterocycles. The molecule has 2 heterocycles. The molecular formula is C19H25N5O3. The Morgan fingerprint density at radius 3 is 2.07 bits per heavy atom. The largest absolute Gasteiger partial charge is 0.497 e. The lowest BCUT2D eigenvalue weighted by Gasteiger charge is -2.35. The predicted molar refractivity (Wildman–Crippen MR) is 104 cm³/mol. The van der Waals surface area contributed by atoms with Crippen LogP contribution in [-0.2, 0) is 0 Å². The zero-order valence-corrected chi connectivity index (χ0v) is 16.2. The Morgan fingerprint density at radius 1 is 0.963 bits per heavy atom. The van der Waals surface area contributed by atoms with Crippen molar-refractivity contribution in [2.75, 3.05) is 64.3 Å². The van der Waals surface area contributed by atoms with E-state index in [1.807, 2.05) is 36.0 Å². The molecule has 1 amide bonds. The van der Waals surface area contributed by atoms with Gasteiger partial charge in [-0.15, -0.1) is 10.2 Å². The van der Waals surface area contributed by atoms with E-state index in [1.165, 1.54) is 0 Å². The van der Waals surface area contributed by atoms with Crippen LogP contribution in [0.4, 0.5) is 11.6 Å². The first-order valence-corrected chi connectivity index (χ1v) is 8.80. The van der Waals surface area contributed by atoms with E-state index >= 15 is 0 Å². The van der Waals surface area contributed by atoms with Gasteiger partial charge in [0.15, 0.2) is 11.6 Å². The van der Waals surface area contributed by atoms with E-state index in [0.29, 0.717) is 43.2 Å². The normalized spacial score (nSPS) is 14.1. The van der Waals surface area contributed by atoms with Crippen molar-refractivity contribution in [2.45, 2.75) is 0 Å². The monoisotopic (exact) mass is 371 g/mol. The fourth-order valence-electron chi connectivity index (χ4n) is 2.98. The minimum atomic E-state index is -0.0270. The molecule has 0 aliphatic carbocycles. The van der Waals surface area contributed by atoms with Crippen molar-refractivity contribution in [1.82, 2.24) is 15.1 Å². The molecule has 27 heavy (non-hydrogen) atoms. The molecule has 8 nitrogen and oxygen atoms in total. The summed E-state index contributed by atoms with van der Waals surface area (Å²) in [4.78, 5) is 18.8. The zero-order valence-electron chi connectivity index (χ0n) is 16.2. The van der Waals surface area contributed by atoms with Crippen LogP contribution in [-0.4, -0.2) is 75.5 Å². The van der Waals surface area contributed by atoms with Gasteiger partial charge >= 0.3 is 0 Å². The molecule has 0 spiro atoms. The van der Waals surface area contributed by atoms with E-state index in [-0.39, 0.29) is 5.91 Å². The first kappa shape index (κ1) is 18.8. The number of carbonyl (C=O) groups excluding carboxylic acids is 1. The number of hydrogen-bond donors (Lipinski definition) is 0. The summed E-state index contributed by atoms with van der Waals surface area (Å²) in [5.41, 5.74) is 0.565. The Labute approximate surface area is 159 Å². The molecule has 0 unspecified atom stereocenters. The van der Waals surface area contributed by atoms with E-state index in [2.05, 4.69) is 15.1 Å². The summed E-state index contributed by atoms with van der Waals surface area (Å²) >= 11 is 0.